The summed E-state index contributed by atoms with van der Waals surface area (Å²) in [5.41, 5.74) is -0.293. The highest BCUT2D eigenvalue weighted by atomic mass is 35.5. The van der Waals surface area contributed by atoms with E-state index in [1.165, 1.54) is 0 Å². The van der Waals surface area contributed by atoms with Gasteiger partial charge in [-0.2, -0.15) is 0 Å². The normalized spacial score (nSPS) is 19.2. The van der Waals surface area contributed by atoms with E-state index in [9.17, 15) is 5.11 Å². The van der Waals surface area contributed by atoms with Crippen molar-refractivity contribution < 1.29 is 5.11 Å². The third-order valence-corrected chi connectivity index (χ3v) is 2.49. The van der Waals surface area contributed by atoms with E-state index in [1.807, 2.05) is 0 Å². The van der Waals surface area contributed by atoms with Crippen molar-refractivity contribution in [2.24, 2.45) is 0 Å². The van der Waals surface area contributed by atoms with Gasteiger partial charge in [0.2, 0.25) is 0 Å². The number of halogens is 2. The van der Waals surface area contributed by atoms with Crippen LogP contribution in [0.1, 0.15) is 18.5 Å². The molecule has 1 fully saturated rings. The van der Waals surface area contributed by atoms with E-state index in [0.717, 1.165) is 12.8 Å². The van der Waals surface area contributed by atoms with Crippen LogP contribution < -0.4 is 0 Å². The Bertz CT molecular complexity index is 323. The highest BCUT2D eigenvalue weighted by Crippen LogP contribution is 2.46. The minimum absolute atomic E-state index is 0.370. The second kappa shape index (κ2) is 2.59. The van der Waals surface area contributed by atoms with E-state index in [2.05, 4.69) is 4.98 Å². The Labute approximate surface area is 80.1 Å². The van der Waals surface area contributed by atoms with Gasteiger partial charge in [0.1, 0.15) is 10.8 Å². The Balaban J connectivity index is 2.48. The number of rotatable bonds is 1. The van der Waals surface area contributed by atoms with Crippen LogP contribution in [0.2, 0.25) is 10.2 Å². The number of aliphatic hydroxyl groups is 1. The molecule has 0 aliphatic heterocycles. The first-order valence-electron chi connectivity index (χ1n) is 3.67. The minimum Gasteiger partial charge on any atom is -0.383 e. The molecular weight excluding hydrogens is 197 g/mol. The lowest BCUT2D eigenvalue weighted by atomic mass is 10.2. The first kappa shape index (κ1) is 8.30. The summed E-state index contributed by atoms with van der Waals surface area (Å²) in [6.07, 6.45) is 1.44. The molecule has 1 N–H and O–H groups in total. The van der Waals surface area contributed by atoms with E-state index in [4.69, 9.17) is 23.2 Å². The van der Waals surface area contributed by atoms with Gasteiger partial charge >= 0.3 is 0 Å². The van der Waals surface area contributed by atoms with Crippen LogP contribution in [0.4, 0.5) is 0 Å². The van der Waals surface area contributed by atoms with Gasteiger partial charge in [0.25, 0.3) is 0 Å². The topological polar surface area (TPSA) is 33.1 Å². The smallest absolute Gasteiger partial charge is 0.129 e. The fourth-order valence-corrected chi connectivity index (χ4v) is 1.53. The van der Waals surface area contributed by atoms with Gasteiger partial charge in [-0.25, -0.2) is 4.98 Å². The standard InChI is InChI=1S/C8H7Cl2NO/c9-5-1-2-6(10)11-7(5)8(12)3-4-8/h1-2,12H,3-4H2. The third kappa shape index (κ3) is 1.30. The minimum atomic E-state index is -0.804. The third-order valence-electron chi connectivity index (χ3n) is 1.98. The summed E-state index contributed by atoms with van der Waals surface area (Å²) < 4.78 is 0. The largest absolute Gasteiger partial charge is 0.383 e. The summed E-state index contributed by atoms with van der Waals surface area (Å²) in [4.78, 5) is 3.99. The van der Waals surface area contributed by atoms with Gasteiger partial charge in [0, 0.05) is 0 Å². The zero-order valence-electron chi connectivity index (χ0n) is 6.22. The maximum Gasteiger partial charge on any atom is 0.129 e. The van der Waals surface area contributed by atoms with E-state index in [-0.39, 0.29) is 0 Å². The summed E-state index contributed by atoms with van der Waals surface area (Å²) in [6.45, 7) is 0. The van der Waals surface area contributed by atoms with Gasteiger partial charge in [0.15, 0.2) is 0 Å². The average molecular weight is 204 g/mol. The molecular formula is C8H7Cl2NO. The zero-order chi connectivity index (χ0) is 8.77. The van der Waals surface area contributed by atoms with Gasteiger partial charge in [-0.3, -0.25) is 0 Å². The van der Waals surface area contributed by atoms with Crippen molar-refractivity contribution >= 4 is 23.2 Å². The predicted molar refractivity (Wildman–Crippen MR) is 47.4 cm³/mol. The molecule has 12 heavy (non-hydrogen) atoms. The van der Waals surface area contributed by atoms with Gasteiger partial charge in [-0.05, 0) is 25.0 Å². The fourth-order valence-electron chi connectivity index (χ4n) is 1.10. The van der Waals surface area contributed by atoms with Crippen LogP contribution in [0.15, 0.2) is 12.1 Å². The quantitative estimate of drug-likeness (QED) is 0.712. The van der Waals surface area contributed by atoms with Crippen LogP contribution in [0.3, 0.4) is 0 Å². The molecule has 1 heterocycles. The lowest BCUT2D eigenvalue weighted by Gasteiger charge is -2.08. The Morgan fingerprint density at radius 2 is 2.00 bits per heavy atom. The molecule has 0 bridgehead atoms. The van der Waals surface area contributed by atoms with Crippen molar-refractivity contribution in [3.63, 3.8) is 0 Å². The Morgan fingerprint density at radius 3 is 2.58 bits per heavy atom. The Kier molecular flexibility index (Phi) is 1.79. The average Bonchev–Trinajstić information content (AvgIpc) is 2.75. The zero-order valence-corrected chi connectivity index (χ0v) is 7.73. The first-order valence-corrected chi connectivity index (χ1v) is 4.42. The van der Waals surface area contributed by atoms with Crippen LogP contribution >= 0.6 is 23.2 Å². The molecule has 1 aromatic heterocycles. The van der Waals surface area contributed by atoms with Gasteiger partial charge < -0.3 is 5.11 Å². The molecule has 64 valence electrons. The summed E-state index contributed by atoms with van der Waals surface area (Å²) in [5.74, 6) is 0. The number of pyridine rings is 1. The van der Waals surface area contributed by atoms with Crippen molar-refractivity contribution in [3.05, 3.63) is 28.0 Å². The molecule has 0 saturated heterocycles. The summed E-state index contributed by atoms with van der Waals surface area (Å²) in [5, 5.41) is 10.6. The summed E-state index contributed by atoms with van der Waals surface area (Å²) in [7, 11) is 0. The van der Waals surface area contributed by atoms with Crippen LogP contribution in [-0.2, 0) is 5.60 Å². The molecule has 1 aromatic rings. The van der Waals surface area contributed by atoms with Gasteiger partial charge in [-0.1, -0.05) is 23.2 Å². The van der Waals surface area contributed by atoms with Crippen molar-refractivity contribution in [2.75, 3.05) is 0 Å². The van der Waals surface area contributed by atoms with Crippen molar-refractivity contribution in [1.82, 2.24) is 4.98 Å². The molecule has 0 spiro atoms. The molecule has 0 radical (unpaired) electrons. The molecule has 0 unspecified atom stereocenters. The number of aromatic nitrogens is 1. The van der Waals surface area contributed by atoms with Crippen molar-refractivity contribution in [1.29, 1.82) is 0 Å². The molecule has 0 atom stereocenters. The molecule has 2 nitrogen and oxygen atoms in total. The first-order chi connectivity index (χ1) is 5.62. The molecule has 4 heteroatoms. The van der Waals surface area contributed by atoms with Crippen LogP contribution in [0.25, 0.3) is 0 Å². The maximum atomic E-state index is 9.70. The lowest BCUT2D eigenvalue weighted by Crippen LogP contribution is -2.07. The summed E-state index contributed by atoms with van der Waals surface area (Å²) >= 11 is 11.5. The lowest BCUT2D eigenvalue weighted by molar-refractivity contribution is 0.146. The second-order valence-corrected chi connectivity index (χ2v) is 3.79. The monoisotopic (exact) mass is 203 g/mol. The number of hydrogen-bond donors (Lipinski definition) is 1. The molecule has 1 aliphatic carbocycles. The Hall–Kier alpha value is -0.310. The SMILES string of the molecule is OC1(c2nc(Cl)ccc2Cl)CC1. The van der Waals surface area contributed by atoms with E-state index in [1.54, 1.807) is 12.1 Å². The molecule has 0 amide bonds. The van der Waals surface area contributed by atoms with E-state index < -0.39 is 5.60 Å². The molecule has 2 rings (SSSR count). The molecule has 1 aliphatic rings. The van der Waals surface area contributed by atoms with Gasteiger partial charge in [0.05, 0.1) is 10.7 Å². The summed E-state index contributed by atoms with van der Waals surface area (Å²) in [6, 6.07) is 3.27. The highest BCUT2D eigenvalue weighted by molar-refractivity contribution is 6.32. The van der Waals surface area contributed by atoms with Crippen molar-refractivity contribution in [3.8, 4) is 0 Å². The maximum absolute atomic E-state index is 9.70. The van der Waals surface area contributed by atoms with E-state index >= 15 is 0 Å². The van der Waals surface area contributed by atoms with Crippen LogP contribution in [0.5, 0.6) is 0 Å². The van der Waals surface area contributed by atoms with Gasteiger partial charge in [-0.15, -0.1) is 0 Å². The highest BCUT2D eigenvalue weighted by Gasteiger charge is 2.45. The molecule has 0 aromatic carbocycles. The Morgan fingerprint density at radius 1 is 1.33 bits per heavy atom. The molecule has 1 saturated carbocycles. The van der Waals surface area contributed by atoms with Crippen molar-refractivity contribution in [2.45, 2.75) is 18.4 Å². The number of hydrogen-bond acceptors (Lipinski definition) is 2. The fraction of sp³-hybridized carbons (Fsp3) is 0.375. The van der Waals surface area contributed by atoms with E-state index in [0.29, 0.717) is 15.9 Å². The number of nitrogens with zero attached hydrogens (tertiary/aromatic N) is 1. The predicted octanol–water partition coefficient (Wildman–Crippen LogP) is 2.37. The van der Waals surface area contributed by atoms with Crippen LogP contribution in [-0.4, -0.2) is 10.1 Å². The van der Waals surface area contributed by atoms with Crippen LogP contribution in [0, 0.1) is 0 Å². The second-order valence-electron chi connectivity index (χ2n) is 3.00.